The van der Waals surface area contributed by atoms with Crippen molar-refractivity contribution in [1.82, 2.24) is 9.80 Å². The summed E-state index contributed by atoms with van der Waals surface area (Å²) in [5.74, 6) is -0.321. The number of nitrogens with zero attached hydrogens (tertiary/aromatic N) is 2. The summed E-state index contributed by atoms with van der Waals surface area (Å²) >= 11 is 6.19. The Kier molecular flexibility index (Phi) is 8.33. The van der Waals surface area contributed by atoms with Crippen LogP contribution in [0.3, 0.4) is 0 Å². The van der Waals surface area contributed by atoms with Crippen molar-refractivity contribution in [3.05, 3.63) is 76.1 Å². The van der Waals surface area contributed by atoms with Gasteiger partial charge in [0.15, 0.2) is 0 Å². The van der Waals surface area contributed by atoms with Crippen molar-refractivity contribution < 1.29 is 18.7 Å². The van der Waals surface area contributed by atoms with Gasteiger partial charge in [0.1, 0.15) is 11.4 Å². The minimum atomic E-state index is -0.834. The third-order valence-electron chi connectivity index (χ3n) is 5.82. The monoisotopic (exact) mass is 487 g/mol. The van der Waals surface area contributed by atoms with Crippen molar-refractivity contribution in [3.8, 4) is 0 Å². The number of piperazine rings is 1. The van der Waals surface area contributed by atoms with Gasteiger partial charge in [0.05, 0.1) is 0 Å². The van der Waals surface area contributed by atoms with E-state index in [1.165, 1.54) is 12.1 Å². The van der Waals surface area contributed by atoms with Gasteiger partial charge in [-0.1, -0.05) is 29.8 Å². The smallest absolute Gasteiger partial charge is 0.405 e. The van der Waals surface area contributed by atoms with Gasteiger partial charge in [0.25, 0.3) is 0 Å². The van der Waals surface area contributed by atoms with Crippen LogP contribution in [-0.2, 0) is 22.5 Å². The minimum absolute atomic E-state index is 0.0353. The Bertz CT molecular complexity index is 1060. The number of hydrogen-bond acceptors (Lipinski definition) is 4. The van der Waals surface area contributed by atoms with E-state index in [2.05, 4.69) is 4.90 Å². The molecule has 2 aromatic rings. The number of amides is 2. The molecule has 3 rings (SSSR count). The normalized spacial score (nSPS) is 17.2. The molecular formula is C26H31ClFN3O3. The second-order valence-electron chi connectivity index (χ2n) is 9.28. The Labute approximate surface area is 205 Å². The Morgan fingerprint density at radius 1 is 1.21 bits per heavy atom. The highest BCUT2D eigenvalue weighted by molar-refractivity contribution is 6.30. The molecule has 34 heavy (non-hydrogen) atoms. The van der Waals surface area contributed by atoms with Gasteiger partial charge in [-0.2, -0.15) is 0 Å². The van der Waals surface area contributed by atoms with Crippen molar-refractivity contribution >= 4 is 29.7 Å². The van der Waals surface area contributed by atoms with Crippen molar-refractivity contribution in [2.24, 2.45) is 5.73 Å². The van der Waals surface area contributed by atoms with Crippen LogP contribution in [0.25, 0.3) is 6.08 Å². The van der Waals surface area contributed by atoms with Gasteiger partial charge in [-0.15, -0.1) is 0 Å². The molecule has 1 saturated heterocycles. The number of benzene rings is 2. The van der Waals surface area contributed by atoms with E-state index in [1.807, 2.05) is 17.9 Å². The van der Waals surface area contributed by atoms with E-state index in [4.69, 9.17) is 22.1 Å². The molecule has 0 aliphatic carbocycles. The number of halogens is 2. The molecule has 8 heteroatoms. The highest BCUT2D eigenvalue weighted by Gasteiger charge is 2.27. The molecule has 0 radical (unpaired) electrons. The van der Waals surface area contributed by atoms with E-state index >= 15 is 0 Å². The van der Waals surface area contributed by atoms with E-state index in [0.29, 0.717) is 18.0 Å². The first-order chi connectivity index (χ1) is 16.0. The second-order valence-corrected chi connectivity index (χ2v) is 9.71. The van der Waals surface area contributed by atoms with Crippen LogP contribution in [0.1, 0.15) is 37.5 Å². The predicted octanol–water partition coefficient (Wildman–Crippen LogP) is 4.64. The highest BCUT2D eigenvalue weighted by atomic mass is 35.5. The number of ether oxygens (including phenoxy) is 1. The fourth-order valence-corrected chi connectivity index (χ4v) is 4.44. The van der Waals surface area contributed by atoms with Gasteiger partial charge in [-0.25, -0.2) is 9.18 Å². The molecular weight excluding hydrogens is 457 g/mol. The lowest BCUT2D eigenvalue weighted by molar-refractivity contribution is -0.130. The lowest BCUT2D eigenvalue weighted by Gasteiger charge is -2.39. The van der Waals surface area contributed by atoms with Crippen LogP contribution in [0.2, 0.25) is 5.02 Å². The molecule has 1 atom stereocenters. The maximum atomic E-state index is 13.1. The summed E-state index contributed by atoms with van der Waals surface area (Å²) in [5, 5.41) is 0.548. The average molecular weight is 488 g/mol. The summed E-state index contributed by atoms with van der Waals surface area (Å²) in [6.07, 6.45) is 2.89. The summed E-state index contributed by atoms with van der Waals surface area (Å²) in [4.78, 5) is 28.3. The molecule has 1 aliphatic heterocycles. The molecule has 0 bridgehead atoms. The van der Waals surface area contributed by atoms with E-state index < -0.39 is 11.7 Å². The van der Waals surface area contributed by atoms with Gasteiger partial charge in [-0.3, -0.25) is 9.69 Å². The van der Waals surface area contributed by atoms with Gasteiger partial charge in [0, 0.05) is 49.7 Å². The topological polar surface area (TPSA) is 75.9 Å². The van der Waals surface area contributed by atoms with E-state index in [0.717, 1.165) is 36.3 Å². The first kappa shape index (κ1) is 25.7. The minimum Gasteiger partial charge on any atom is -0.443 e. The molecule has 182 valence electrons. The first-order valence-corrected chi connectivity index (χ1v) is 11.6. The Hall–Kier alpha value is -2.90. The Morgan fingerprint density at radius 2 is 1.91 bits per heavy atom. The Morgan fingerprint density at radius 3 is 2.56 bits per heavy atom. The molecule has 1 unspecified atom stereocenters. The van der Waals surface area contributed by atoms with Crippen LogP contribution in [0, 0.1) is 5.82 Å². The number of hydrogen-bond donors (Lipinski definition) is 1. The molecule has 0 spiro atoms. The largest absolute Gasteiger partial charge is 0.443 e. The van der Waals surface area contributed by atoms with E-state index in [9.17, 15) is 14.0 Å². The van der Waals surface area contributed by atoms with Crippen molar-refractivity contribution in [2.45, 2.75) is 45.4 Å². The second kappa shape index (κ2) is 11.0. The van der Waals surface area contributed by atoms with Gasteiger partial charge < -0.3 is 15.4 Å². The molecule has 2 amide bonds. The third kappa shape index (κ3) is 7.30. The van der Waals surface area contributed by atoms with Crippen LogP contribution in [-0.4, -0.2) is 53.1 Å². The number of primary amides is 1. The van der Waals surface area contributed by atoms with Crippen molar-refractivity contribution in [1.29, 1.82) is 0 Å². The Balaban J connectivity index is 1.64. The quantitative estimate of drug-likeness (QED) is 0.577. The molecule has 1 fully saturated rings. The van der Waals surface area contributed by atoms with Crippen molar-refractivity contribution in [3.63, 3.8) is 0 Å². The lowest BCUT2D eigenvalue weighted by Crippen LogP contribution is -2.53. The number of carbonyl (C=O) groups excluding carboxylic acids is 2. The SMILES string of the molecule is CC1CN(Cc2ccc(F)cc2)CCN1C(=O)/C=C/c1cc(Cl)ccc1CC(C)(C)OC(N)=O. The van der Waals surface area contributed by atoms with Gasteiger partial charge >= 0.3 is 6.09 Å². The highest BCUT2D eigenvalue weighted by Crippen LogP contribution is 2.24. The summed E-state index contributed by atoms with van der Waals surface area (Å²) in [6.45, 7) is 8.37. The molecule has 2 aromatic carbocycles. The standard InChI is InChI=1S/C26H31ClFN3O3/c1-18-16-30(17-19-4-9-23(28)10-5-19)12-13-31(18)24(32)11-7-20-14-22(27)8-6-21(20)15-26(2,3)34-25(29)33/h4-11,14,18H,12-13,15-17H2,1-3H3,(H2,29,33)/b11-7+. The zero-order valence-corrected chi connectivity index (χ0v) is 20.5. The maximum Gasteiger partial charge on any atom is 0.405 e. The molecule has 1 aliphatic rings. The van der Waals surface area contributed by atoms with E-state index in [-0.39, 0.29) is 17.8 Å². The number of carbonyl (C=O) groups is 2. The van der Waals surface area contributed by atoms with Crippen LogP contribution < -0.4 is 5.73 Å². The molecule has 0 aromatic heterocycles. The van der Waals surface area contributed by atoms with Gasteiger partial charge in [0.2, 0.25) is 5.91 Å². The zero-order valence-electron chi connectivity index (χ0n) is 19.8. The maximum absolute atomic E-state index is 13.1. The molecule has 1 heterocycles. The molecule has 2 N–H and O–H groups in total. The summed E-state index contributed by atoms with van der Waals surface area (Å²) in [6, 6.07) is 12.0. The van der Waals surface area contributed by atoms with Crippen LogP contribution in [0.4, 0.5) is 9.18 Å². The fourth-order valence-electron chi connectivity index (χ4n) is 4.26. The van der Waals surface area contributed by atoms with Crippen LogP contribution in [0.5, 0.6) is 0 Å². The number of nitrogens with two attached hydrogens (primary N) is 1. The van der Waals surface area contributed by atoms with Crippen LogP contribution in [0.15, 0.2) is 48.5 Å². The average Bonchev–Trinajstić information content (AvgIpc) is 2.74. The third-order valence-corrected chi connectivity index (χ3v) is 6.06. The molecule has 6 nitrogen and oxygen atoms in total. The first-order valence-electron chi connectivity index (χ1n) is 11.2. The molecule has 0 saturated carbocycles. The van der Waals surface area contributed by atoms with Gasteiger partial charge in [-0.05, 0) is 67.8 Å². The fraction of sp³-hybridized carbons (Fsp3) is 0.385. The summed E-state index contributed by atoms with van der Waals surface area (Å²) in [5.41, 5.74) is 7.09. The summed E-state index contributed by atoms with van der Waals surface area (Å²) < 4.78 is 18.3. The number of rotatable bonds is 7. The lowest BCUT2D eigenvalue weighted by atomic mass is 9.94. The van der Waals surface area contributed by atoms with E-state index in [1.54, 1.807) is 50.3 Å². The predicted molar refractivity (Wildman–Crippen MR) is 132 cm³/mol. The van der Waals surface area contributed by atoms with Crippen LogP contribution >= 0.6 is 11.6 Å². The zero-order chi connectivity index (χ0) is 24.9. The van der Waals surface area contributed by atoms with Crippen molar-refractivity contribution in [2.75, 3.05) is 19.6 Å². The summed E-state index contributed by atoms with van der Waals surface area (Å²) in [7, 11) is 0.